The summed E-state index contributed by atoms with van der Waals surface area (Å²) in [5, 5.41) is 10.8. The van der Waals surface area contributed by atoms with Gasteiger partial charge in [0.2, 0.25) is 0 Å². The van der Waals surface area contributed by atoms with E-state index in [1.54, 1.807) is 0 Å². The zero-order chi connectivity index (χ0) is 20.4. The van der Waals surface area contributed by atoms with Gasteiger partial charge in [-0.3, -0.25) is 9.88 Å². The van der Waals surface area contributed by atoms with Crippen LogP contribution in [-0.4, -0.2) is 28.1 Å². The molecule has 0 spiro atoms. The molecule has 0 atom stereocenters. The van der Waals surface area contributed by atoms with E-state index in [9.17, 15) is 18.3 Å². The number of rotatable bonds is 5. The van der Waals surface area contributed by atoms with E-state index in [4.69, 9.17) is 0 Å². The molecule has 2 rings (SSSR count). The van der Waals surface area contributed by atoms with Crippen LogP contribution in [0.1, 0.15) is 51.4 Å². The van der Waals surface area contributed by atoms with E-state index >= 15 is 0 Å². The topological polar surface area (TPSA) is 36.4 Å². The van der Waals surface area contributed by atoms with Gasteiger partial charge in [-0.05, 0) is 36.2 Å². The molecule has 0 saturated heterocycles. The second-order valence-electron chi connectivity index (χ2n) is 7.67. The van der Waals surface area contributed by atoms with Crippen LogP contribution in [0.5, 0.6) is 5.75 Å². The summed E-state index contributed by atoms with van der Waals surface area (Å²) in [6, 6.07) is 6.13. The van der Waals surface area contributed by atoms with Crippen LogP contribution in [0, 0.1) is 0 Å². The quantitative estimate of drug-likeness (QED) is 0.646. The number of halogens is 4. The predicted molar refractivity (Wildman–Crippen MR) is 109 cm³/mol. The summed E-state index contributed by atoms with van der Waals surface area (Å²) < 4.78 is 38.4. The third-order valence-electron chi connectivity index (χ3n) is 4.71. The van der Waals surface area contributed by atoms with Crippen molar-refractivity contribution in [2.45, 2.75) is 52.8 Å². The first-order valence-electron chi connectivity index (χ1n) is 9.09. The number of hydrogen-bond acceptors (Lipinski definition) is 3. The highest BCUT2D eigenvalue weighted by Gasteiger charge is 2.32. The Hall–Kier alpha value is -1.79. The molecule has 0 bridgehead atoms. The predicted octanol–water partition coefficient (Wildman–Crippen LogP) is 6.03. The molecule has 0 amide bonds. The fourth-order valence-corrected chi connectivity index (χ4v) is 2.88. The first kappa shape index (κ1) is 24.2. The molecule has 1 heterocycles. The standard InChI is InChI=1S/C21H27F3N2O.ClH/c1-6-26(7-2)13-15-10-16(20(3,4)5)11-17(19(15)27)14-8-9-18(25-12-14)21(22,23)24;/h8-12,27H,6-7,13H2,1-5H3;1H. The summed E-state index contributed by atoms with van der Waals surface area (Å²) in [7, 11) is 0. The number of alkyl halides is 3. The lowest BCUT2D eigenvalue weighted by atomic mass is 9.83. The number of phenolic OH excluding ortho intramolecular Hbond substituents is 1. The summed E-state index contributed by atoms with van der Waals surface area (Å²) in [4.78, 5) is 5.71. The average molecular weight is 417 g/mol. The van der Waals surface area contributed by atoms with Crippen molar-refractivity contribution in [1.82, 2.24) is 9.88 Å². The molecular weight excluding hydrogens is 389 g/mol. The Kier molecular flexibility index (Phi) is 7.91. The van der Waals surface area contributed by atoms with E-state index in [-0.39, 0.29) is 23.6 Å². The van der Waals surface area contributed by atoms with Crippen LogP contribution in [0.3, 0.4) is 0 Å². The molecule has 0 aliphatic carbocycles. The van der Waals surface area contributed by atoms with Gasteiger partial charge in [-0.15, -0.1) is 12.4 Å². The van der Waals surface area contributed by atoms with Gasteiger partial charge in [0.1, 0.15) is 11.4 Å². The molecule has 7 heteroatoms. The largest absolute Gasteiger partial charge is 0.507 e. The summed E-state index contributed by atoms with van der Waals surface area (Å²) in [5.74, 6) is 0.0939. The Bertz CT molecular complexity index is 780. The van der Waals surface area contributed by atoms with Crippen molar-refractivity contribution in [1.29, 1.82) is 0 Å². The highest BCUT2D eigenvalue weighted by atomic mass is 35.5. The van der Waals surface area contributed by atoms with Gasteiger partial charge in [0, 0.05) is 29.4 Å². The molecule has 28 heavy (non-hydrogen) atoms. The number of nitrogens with zero attached hydrogens (tertiary/aromatic N) is 2. The number of aromatic nitrogens is 1. The maximum atomic E-state index is 12.8. The smallest absolute Gasteiger partial charge is 0.433 e. The molecule has 2 aromatic rings. The Labute approximate surface area is 171 Å². The Morgan fingerprint density at radius 2 is 1.64 bits per heavy atom. The van der Waals surface area contributed by atoms with Gasteiger partial charge in [-0.1, -0.05) is 46.8 Å². The molecule has 0 aliphatic heterocycles. The van der Waals surface area contributed by atoms with Crippen molar-refractivity contribution < 1.29 is 18.3 Å². The van der Waals surface area contributed by atoms with Gasteiger partial charge in [0.05, 0.1) is 0 Å². The summed E-state index contributed by atoms with van der Waals surface area (Å²) >= 11 is 0. The Balaban J connectivity index is 0.00000392. The van der Waals surface area contributed by atoms with E-state index in [2.05, 4.69) is 44.5 Å². The van der Waals surface area contributed by atoms with Crippen LogP contribution in [-0.2, 0) is 18.1 Å². The third-order valence-corrected chi connectivity index (χ3v) is 4.71. The molecule has 156 valence electrons. The highest BCUT2D eigenvalue weighted by molar-refractivity contribution is 5.85. The molecule has 0 radical (unpaired) electrons. The molecule has 3 nitrogen and oxygen atoms in total. The van der Waals surface area contributed by atoms with Gasteiger partial charge < -0.3 is 5.11 Å². The van der Waals surface area contributed by atoms with E-state index in [1.807, 2.05) is 12.1 Å². The van der Waals surface area contributed by atoms with Crippen molar-refractivity contribution >= 4 is 12.4 Å². The first-order chi connectivity index (χ1) is 12.5. The number of pyridine rings is 1. The SMILES string of the molecule is CCN(CC)Cc1cc(C(C)(C)C)cc(-c2ccc(C(F)(F)F)nc2)c1O.Cl. The Morgan fingerprint density at radius 3 is 2.07 bits per heavy atom. The van der Waals surface area contributed by atoms with E-state index in [0.29, 0.717) is 17.7 Å². The normalized spacial score (nSPS) is 12.2. The summed E-state index contributed by atoms with van der Waals surface area (Å²) in [5.41, 5.74) is 1.64. The van der Waals surface area contributed by atoms with Crippen LogP contribution in [0.2, 0.25) is 0 Å². The van der Waals surface area contributed by atoms with Crippen molar-refractivity contribution in [3.8, 4) is 16.9 Å². The molecular formula is C21H28ClF3N2O. The highest BCUT2D eigenvalue weighted by Crippen LogP contribution is 2.38. The van der Waals surface area contributed by atoms with Crippen molar-refractivity contribution in [2.24, 2.45) is 0 Å². The zero-order valence-corrected chi connectivity index (χ0v) is 17.7. The van der Waals surface area contributed by atoms with Gasteiger partial charge >= 0.3 is 6.18 Å². The number of phenols is 1. The van der Waals surface area contributed by atoms with Crippen LogP contribution in [0.4, 0.5) is 13.2 Å². The monoisotopic (exact) mass is 416 g/mol. The molecule has 0 fully saturated rings. The second kappa shape index (κ2) is 9.14. The molecule has 0 saturated carbocycles. The molecule has 0 unspecified atom stereocenters. The minimum absolute atomic E-state index is 0. The molecule has 1 aromatic carbocycles. The lowest BCUT2D eigenvalue weighted by molar-refractivity contribution is -0.141. The van der Waals surface area contributed by atoms with Crippen LogP contribution < -0.4 is 0 Å². The minimum Gasteiger partial charge on any atom is -0.507 e. The fraction of sp³-hybridized carbons (Fsp3) is 0.476. The second-order valence-corrected chi connectivity index (χ2v) is 7.67. The van der Waals surface area contributed by atoms with Crippen LogP contribution >= 0.6 is 12.4 Å². The Morgan fingerprint density at radius 1 is 1.04 bits per heavy atom. The molecule has 1 N–H and O–H groups in total. The number of benzene rings is 1. The van der Waals surface area contributed by atoms with Crippen molar-refractivity contribution in [3.05, 3.63) is 47.3 Å². The summed E-state index contributed by atoms with van der Waals surface area (Å²) in [6.07, 6.45) is -3.31. The van der Waals surface area contributed by atoms with E-state index in [1.165, 1.54) is 12.3 Å². The molecule has 0 aliphatic rings. The average Bonchev–Trinajstić information content (AvgIpc) is 2.59. The maximum Gasteiger partial charge on any atom is 0.433 e. The van der Waals surface area contributed by atoms with Crippen LogP contribution in [0.25, 0.3) is 11.1 Å². The van der Waals surface area contributed by atoms with Crippen molar-refractivity contribution in [2.75, 3.05) is 13.1 Å². The van der Waals surface area contributed by atoms with Gasteiger partial charge in [-0.25, -0.2) is 0 Å². The maximum absolute atomic E-state index is 12.8. The van der Waals surface area contributed by atoms with Gasteiger partial charge in [0.15, 0.2) is 0 Å². The van der Waals surface area contributed by atoms with Crippen molar-refractivity contribution in [3.63, 3.8) is 0 Å². The number of hydrogen-bond donors (Lipinski definition) is 1. The van der Waals surface area contributed by atoms with E-state index < -0.39 is 11.9 Å². The van der Waals surface area contributed by atoms with Gasteiger partial charge in [-0.2, -0.15) is 13.2 Å². The summed E-state index contributed by atoms with van der Waals surface area (Å²) in [6.45, 7) is 12.5. The molecule has 1 aromatic heterocycles. The van der Waals surface area contributed by atoms with Crippen LogP contribution in [0.15, 0.2) is 30.5 Å². The van der Waals surface area contributed by atoms with E-state index in [0.717, 1.165) is 30.3 Å². The lowest BCUT2D eigenvalue weighted by Gasteiger charge is -2.25. The first-order valence-corrected chi connectivity index (χ1v) is 9.09. The fourth-order valence-electron chi connectivity index (χ4n) is 2.88. The number of aromatic hydroxyl groups is 1. The minimum atomic E-state index is -4.48. The van der Waals surface area contributed by atoms with Gasteiger partial charge in [0.25, 0.3) is 0 Å². The lowest BCUT2D eigenvalue weighted by Crippen LogP contribution is -2.23. The third kappa shape index (κ3) is 5.61. The zero-order valence-electron chi connectivity index (χ0n) is 16.9.